The second kappa shape index (κ2) is 13.1. The van der Waals surface area contributed by atoms with Crippen molar-refractivity contribution in [1.82, 2.24) is 14.9 Å². The van der Waals surface area contributed by atoms with Gasteiger partial charge in [0.15, 0.2) is 0 Å². The van der Waals surface area contributed by atoms with Crippen LogP contribution in [-0.2, 0) is 11.2 Å². The first-order valence-corrected chi connectivity index (χ1v) is 14.6. The molecule has 3 aromatic carbocycles. The molecule has 43 heavy (non-hydrogen) atoms. The number of benzene rings is 3. The van der Waals surface area contributed by atoms with Gasteiger partial charge in [-0.15, -0.1) is 0 Å². The zero-order valence-corrected chi connectivity index (χ0v) is 24.2. The van der Waals surface area contributed by atoms with E-state index in [1.807, 2.05) is 61.5 Å². The molecule has 2 N–H and O–H groups in total. The molecular formula is C34H35N3O6. The molecule has 0 amide bonds. The summed E-state index contributed by atoms with van der Waals surface area (Å²) in [4.78, 5) is 21.7. The molecule has 5 aromatic rings. The van der Waals surface area contributed by atoms with Crippen LogP contribution in [0.1, 0.15) is 17.5 Å². The van der Waals surface area contributed by atoms with Crippen molar-refractivity contribution in [1.29, 1.82) is 0 Å². The van der Waals surface area contributed by atoms with Gasteiger partial charge in [0.2, 0.25) is 11.8 Å². The number of carboxylic acid groups (broad SMARTS) is 1. The number of hydrogen-bond acceptors (Lipinski definition) is 7. The van der Waals surface area contributed by atoms with Crippen molar-refractivity contribution in [3.63, 3.8) is 0 Å². The third-order valence-corrected chi connectivity index (χ3v) is 7.80. The summed E-state index contributed by atoms with van der Waals surface area (Å²) < 4.78 is 22.8. The summed E-state index contributed by atoms with van der Waals surface area (Å²) in [5.41, 5.74) is 4.46. The van der Waals surface area contributed by atoms with Crippen molar-refractivity contribution in [3.05, 3.63) is 84.1 Å². The Bertz CT molecular complexity index is 1720. The minimum atomic E-state index is -1.36. The molecule has 0 spiro atoms. The molecule has 2 aromatic heterocycles. The number of nitrogens with one attached hydrogen (secondary N) is 1. The smallest absolute Gasteiger partial charge is 0.493 e. The summed E-state index contributed by atoms with van der Waals surface area (Å²) >= 11 is 0. The van der Waals surface area contributed by atoms with Crippen molar-refractivity contribution in [3.8, 4) is 28.6 Å². The van der Waals surface area contributed by atoms with E-state index in [4.69, 9.17) is 18.9 Å². The van der Waals surface area contributed by atoms with Crippen LogP contribution in [0.5, 0.6) is 17.5 Å². The Morgan fingerprint density at radius 1 is 0.977 bits per heavy atom. The average molecular weight is 582 g/mol. The van der Waals surface area contributed by atoms with E-state index in [-0.39, 0.29) is 5.88 Å². The number of aromatic amines is 1. The van der Waals surface area contributed by atoms with Crippen LogP contribution >= 0.6 is 0 Å². The van der Waals surface area contributed by atoms with Gasteiger partial charge in [-0.2, -0.15) is 0 Å². The molecule has 1 fully saturated rings. The van der Waals surface area contributed by atoms with E-state index < -0.39 is 6.16 Å². The van der Waals surface area contributed by atoms with Crippen molar-refractivity contribution < 1.29 is 28.8 Å². The Morgan fingerprint density at radius 2 is 1.77 bits per heavy atom. The fourth-order valence-corrected chi connectivity index (χ4v) is 5.63. The van der Waals surface area contributed by atoms with Crippen LogP contribution < -0.4 is 14.2 Å². The number of rotatable bonds is 11. The van der Waals surface area contributed by atoms with Crippen LogP contribution in [0, 0.1) is 6.92 Å². The molecule has 0 atom stereocenters. The molecule has 1 saturated heterocycles. The van der Waals surface area contributed by atoms with E-state index in [1.165, 1.54) is 0 Å². The number of morpholine rings is 1. The zero-order chi connectivity index (χ0) is 29.6. The van der Waals surface area contributed by atoms with Gasteiger partial charge < -0.3 is 29.0 Å². The first-order valence-electron chi connectivity index (χ1n) is 14.6. The molecule has 9 nitrogen and oxygen atoms in total. The van der Waals surface area contributed by atoms with E-state index in [0.29, 0.717) is 31.9 Å². The molecule has 0 radical (unpaired) electrons. The monoisotopic (exact) mass is 581 g/mol. The number of pyridine rings is 1. The van der Waals surface area contributed by atoms with Crippen LogP contribution in [0.3, 0.4) is 0 Å². The molecule has 0 saturated carbocycles. The average Bonchev–Trinajstić information content (AvgIpc) is 3.37. The quantitative estimate of drug-likeness (QED) is 0.135. The molecule has 0 aliphatic carbocycles. The van der Waals surface area contributed by atoms with Crippen molar-refractivity contribution in [2.24, 2.45) is 0 Å². The van der Waals surface area contributed by atoms with Gasteiger partial charge in [0, 0.05) is 53.8 Å². The van der Waals surface area contributed by atoms with E-state index in [9.17, 15) is 9.90 Å². The van der Waals surface area contributed by atoms with E-state index in [2.05, 4.69) is 27.0 Å². The highest BCUT2D eigenvalue weighted by Crippen LogP contribution is 2.37. The van der Waals surface area contributed by atoms with Gasteiger partial charge in [-0.1, -0.05) is 54.6 Å². The van der Waals surface area contributed by atoms with Gasteiger partial charge >= 0.3 is 6.16 Å². The molecular weight excluding hydrogens is 546 g/mol. The maximum Gasteiger partial charge on any atom is 0.512 e. The van der Waals surface area contributed by atoms with Gasteiger partial charge in [0.05, 0.1) is 25.3 Å². The lowest BCUT2D eigenvalue weighted by Gasteiger charge is -2.26. The highest BCUT2D eigenvalue weighted by Gasteiger charge is 2.19. The Kier molecular flexibility index (Phi) is 8.72. The zero-order valence-electron chi connectivity index (χ0n) is 24.2. The summed E-state index contributed by atoms with van der Waals surface area (Å²) in [6.07, 6.45) is 1.69. The predicted molar refractivity (Wildman–Crippen MR) is 165 cm³/mol. The van der Waals surface area contributed by atoms with E-state index in [0.717, 1.165) is 82.5 Å². The highest BCUT2D eigenvalue weighted by atomic mass is 16.7. The maximum atomic E-state index is 11.6. The Morgan fingerprint density at radius 3 is 2.63 bits per heavy atom. The standard InChI is InChI=1S/C34H35N3O6/c1-23-22-35-31(42-20-16-37-14-18-40-19-15-37)21-29(23)27-11-5-10-26-28(33(36-32(26)27)43-34(38)39)12-6-17-41-30-13-4-8-24-7-2-3-9-25(24)30/h2-5,7-11,13,21-22,36H,6,12,14-20H2,1H3,(H,38,39). The van der Waals surface area contributed by atoms with Crippen LogP contribution in [0.2, 0.25) is 0 Å². The number of aryl methyl sites for hydroxylation is 2. The molecule has 0 bridgehead atoms. The Labute approximate surface area is 250 Å². The lowest BCUT2D eigenvalue weighted by atomic mass is 9.98. The number of fused-ring (bicyclic) bond motifs is 2. The molecule has 0 unspecified atom stereocenters. The van der Waals surface area contributed by atoms with Crippen molar-refractivity contribution in [2.45, 2.75) is 19.8 Å². The summed E-state index contributed by atoms with van der Waals surface area (Å²) in [6, 6.07) is 22.1. The maximum absolute atomic E-state index is 11.6. The minimum absolute atomic E-state index is 0.230. The molecule has 1 aliphatic rings. The third-order valence-electron chi connectivity index (χ3n) is 7.80. The van der Waals surface area contributed by atoms with E-state index in [1.54, 1.807) is 6.20 Å². The number of hydrogen-bond donors (Lipinski definition) is 2. The number of carbonyl (C=O) groups is 1. The Balaban J connectivity index is 1.21. The first-order chi connectivity index (χ1) is 21.1. The SMILES string of the molecule is Cc1cnc(OCCN2CCOCC2)cc1-c1cccc2c(CCCOc3cccc4ccccc34)c(OC(=O)O)[nH]c12. The molecule has 9 heteroatoms. The molecule has 3 heterocycles. The number of para-hydroxylation sites is 1. The largest absolute Gasteiger partial charge is 0.512 e. The lowest BCUT2D eigenvalue weighted by Crippen LogP contribution is -2.38. The second-order valence-corrected chi connectivity index (χ2v) is 10.6. The number of H-pyrrole nitrogens is 1. The summed E-state index contributed by atoms with van der Waals surface area (Å²) in [5.74, 6) is 1.61. The normalized spacial score (nSPS) is 13.8. The molecule has 222 valence electrons. The van der Waals surface area contributed by atoms with Crippen LogP contribution in [0.4, 0.5) is 4.79 Å². The highest BCUT2D eigenvalue weighted by molar-refractivity contribution is 5.98. The minimum Gasteiger partial charge on any atom is -0.493 e. The summed E-state index contributed by atoms with van der Waals surface area (Å²) in [5, 5.41) is 12.6. The molecule has 6 rings (SSSR count). The van der Waals surface area contributed by atoms with Crippen LogP contribution in [0.15, 0.2) is 72.9 Å². The van der Waals surface area contributed by atoms with Gasteiger partial charge in [-0.05, 0) is 42.3 Å². The lowest BCUT2D eigenvalue weighted by molar-refractivity contribution is 0.0320. The van der Waals surface area contributed by atoms with Crippen molar-refractivity contribution >= 4 is 27.8 Å². The summed E-state index contributed by atoms with van der Waals surface area (Å²) in [7, 11) is 0. The predicted octanol–water partition coefficient (Wildman–Crippen LogP) is 6.47. The van der Waals surface area contributed by atoms with Crippen LogP contribution in [-0.4, -0.2) is 72.2 Å². The van der Waals surface area contributed by atoms with Gasteiger partial charge in [0.25, 0.3) is 0 Å². The number of aromatic nitrogens is 2. The van der Waals surface area contributed by atoms with Crippen LogP contribution in [0.25, 0.3) is 32.8 Å². The van der Waals surface area contributed by atoms with Crippen molar-refractivity contribution in [2.75, 3.05) is 46.1 Å². The number of ether oxygens (including phenoxy) is 4. The van der Waals surface area contributed by atoms with Gasteiger partial charge in [-0.3, -0.25) is 4.90 Å². The van der Waals surface area contributed by atoms with E-state index >= 15 is 0 Å². The third kappa shape index (κ3) is 6.58. The summed E-state index contributed by atoms with van der Waals surface area (Å²) in [6.45, 7) is 7.13. The topological polar surface area (TPSA) is 106 Å². The first kappa shape index (κ1) is 28.5. The fourth-order valence-electron chi connectivity index (χ4n) is 5.63. The van der Waals surface area contributed by atoms with Gasteiger partial charge in [-0.25, -0.2) is 9.78 Å². The molecule has 1 aliphatic heterocycles. The number of nitrogens with zero attached hydrogens (tertiary/aromatic N) is 2. The second-order valence-electron chi connectivity index (χ2n) is 10.6. The Hall–Kier alpha value is -4.60. The fraction of sp³-hybridized carbons (Fsp3) is 0.294. The van der Waals surface area contributed by atoms with Gasteiger partial charge in [0.1, 0.15) is 12.4 Å².